The fraction of sp³-hybridized carbons (Fsp3) is 0.500. The van der Waals surface area contributed by atoms with Gasteiger partial charge in [-0.2, -0.15) is 0 Å². The molecule has 0 spiro atoms. The topological polar surface area (TPSA) is 59.0 Å². The number of hydrogen-bond acceptors (Lipinski definition) is 5. The third kappa shape index (κ3) is 3.32. The van der Waals surface area contributed by atoms with E-state index in [0.29, 0.717) is 10.8 Å². The average Bonchev–Trinajstić information content (AvgIpc) is 3.04. The van der Waals surface area contributed by atoms with Gasteiger partial charge < -0.3 is 4.90 Å². The molecule has 0 unspecified atom stereocenters. The number of piperidine rings is 1. The summed E-state index contributed by atoms with van der Waals surface area (Å²) < 4.78 is 3.93. The molecular formula is C16H20N4OS. The Labute approximate surface area is 134 Å². The minimum atomic E-state index is 0.0950. The molecule has 5 nitrogen and oxygen atoms in total. The normalized spacial score (nSPS) is 18.4. The summed E-state index contributed by atoms with van der Waals surface area (Å²) in [6, 6.07) is 6.01. The lowest BCUT2D eigenvalue weighted by Gasteiger charge is -2.32. The molecule has 1 fully saturated rings. The Morgan fingerprint density at radius 2 is 2.36 bits per heavy atom. The fourth-order valence-corrected chi connectivity index (χ4v) is 3.70. The Kier molecular flexibility index (Phi) is 4.77. The van der Waals surface area contributed by atoms with Crippen molar-refractivity contribution in [3.8, 4) is 0 Å². The average molecular weight is 316 g/mol. The molecular weight excluding hydrogens is 296 g/mol. The van der Waals surface area contributed by atoms with E-state index in [0.717, 1.165) is 50.2 Å². The molecule has 0 aromatic carbocycles. The van der Waals surface area contributed by atoms with Gasteiger partial charge in [0.15, 0.2) is 0 Å². The standard InChI is InChI=1S/C16H20N4OS/c1-2-14-15(22-19-18-14)16(21)20-9-5-6-12(11-20)10-13-7-3-4-8-17-13/h3-4,7-8,12H,2,5-6,9-11H2,1H3/t12-/m1/s1. The smallest absolute Gasteiger partial charge is 0.267 e. The van der Waals surface area contributed by atoms with Crippen molar-refractivity contribution in [2.75, 3.05) is 13.1 Å². The second-order valence-electron chi connectivity index (χ2n) is 5.69. The van der Waals surface area contributed by atoms with E-state index in [4.69, 9.17) is 0 Å². The van der Waals surface area contributed by atoms with Gasteiger partial charge in [0.05, 0.1) is 5.69 Å². The number of pyridine rings is 1. The van der Waals surface area contributed by atoms with Crippen LogP contribution < -0.4 is 0 Å². The third-order valence-electron chi connectivity index (χ3n) is 4.12. The summed E-state index contributed by atoms with van der Waals surface area (Å²) in [7, 11) is 0. The minimum Gasteiger partial charge on any atom is -0.338 e. The lowest BCUT2D eigenvalue weighted by molar-refractivity contribution is 0.0676. The maximum absolute atomic E-state index is 12.7. The van der Waals surface area contributed by atoms with E-state index in [-0.39, 0.29) is 5.91 Å². The molecule has 2 aromatic heterocycles. The number of likely N-dealkylation sites (tertiary alicyclic amines) is 1. The largest absolute Gasteiger partial charge is 0.338 e. The number of nitrogens with zero attached hydrogens (tertiary/aromatic N) is 4. The molecule has 1 saturated heterocycles. The molecule has 1 aliphatic heterocycles. The molecule has 1 amide bonds. The van der Waals surface area contributed by atoms with Gasteiger partial charge >= 0.3 is 0 Å². The van der Waals surface area contributed by atoms with Gasteiger partial charge in [-0.3, -0.25) is 9.78 Å². The molecule has 0 aliphatic carbocycles. The van der Waals surface area contributed by atoms with E-state index < -0.39 is 0 Å². The number of aryl methyl sites for hydroxylation is 1. The highest BCUT2D eigenvalue weighted by molar-refractivity contribution is 7.08. The van der Waals surface area contributed by atoms with Gasteiger partial charge in [-0.1, -0.05) is 17.5 Å². The molecule has 2 aromatic rings. The predicted molar refractivity (Wildman–Crippen MR) is 85.9 cm³/mol. The minimum absolute atomic E-state index is 0.0950. The number of carbonyl (C=O) groups is 1. The van der Waals surface area contributed by atoms with E-state index >= 15 is 0 Å². The molecule has 1 aliphatic rings. The van der Waals surface area contributed by atoms with E-state index in [2.05, 4.69) is 20.6 Å². The maximum Gasteiger partial charge on any atom is 0.267 e. The Bertz CT molecular complexity index is 628. The molecule has 0 radical (unpaired) electrons. The Balaban J connectivity index is 1.66. The molecule has 3 rings (SSSR count). The quantitative estimate of drug-likeness (QED) is 0.870. The van der Waals surface area contributed by atoms with Gasteiger partial charge in [-0.05, 0) is 55.3 Å². The number of amides is 1. The number of aromatic nitrogens is 3. The van der Waals surface area contributed by atoms with Crippen LogP contribution in [0.25, 0.3) is 0 Å². The van der Waals surface area contributed by atoms with Gasteiger partial charge in [-0.15, -0.1) is 5.10 Å². The first-order chi connectivity index (χ1) is 10.8. The zero-order valence-electron chi connectivity index (χ0n) is 12.7. The first kappa shape index (κ1) is 15.1. The number of hydrogen-bond donors (Lipinski definition) is 0. The maximum atomic E-state index is 12.7. The van der Waals surface area contributed by atoms with Gasteiger partial charge in [0.2, 0.25) is 0 Å². The van der Waals surface area contributed by atoms with Crippen molar-refractivity contribution in [3.63, 3.8) is 0 Å². The van der Waals surface area contributed by atoms with Gasteiger partial charge in [0.25, 0.3) is 5.91 Å². The molecule has 3 heterocycles. The van der Waals surface area contributed by atoms with Crippen LogP contribution in [0.2, 0.25) is 0 Å². The second-order valence-corrected chi connectivity index (χ2v) is 6.44. The number of carbonyl (C=O) groups excluding carboxylic acids is 1. The molecule has 0 saturated carbocycles. The van der Waals surface area contributed by atoms with E-state index in [1.165, 1.54) is 11.5 Å². The van der Waals surface area contributed by atoms with Crippen molar-refractivity contribution in [2.24, 2.45) is 5.92 Å². The zero-order chi connectivity index (χ0) is 15.4. The van der Waals surface area contributed by atoms with Crippen LogP contribution in [0.4, 0.5) is 0 Å². The van der Waals surface area contributed by atoms with Gasteiger partial charge in [0.1, 0.15) is 4.88 Å². The first-order valence-electron chi connectivity index (χ1n) is 7.78. The summed E-state index contributed by atoms with van der Waals surface area (Å²) in [5.74, 6) is 0.580. The fourth-order valence-electron chi connectivity index (χ4n) is 2.98. The van der Waals surface area contributed by atoms with Crippen molar-refractivity contribution >= 4 is 17.4 Å². The third-order valence-corrected chi connectivity index (χ3v) is 4.87. The lowest BCUT2D eigenvalue weighted by Crippen LogP contribution is -2.40. The van der Waals surface area contributed by atoms with Crippen LogP contribution in [0, 0.1) is 5.92 Å². The predicted octanol–water partition coefficient (Wildman–Crippen LogP) is 2.59. The molecule has 22 heavy (non-hydrogen) atoms. The van der Waals surface area contributed by atoms with Crippen molar-refractivity contribution in [1.29, 1.82) is 0 Å². The number of rotatable bonds is 4. The van der Waals surface area contributed by atoms with Crippen LogP contribution in [0.3, 0.4) is 0 Å². The van der Waals surface area contributed by atoms with E-state index in [1.54, 1.807) is 0 Å². The summed E-state index contributed by atoms with van der Waals surface area (Å²) in [5, 5.41) is 4.05. The highest BCUT2D eigenvalue weighted by atomic mass is 32.1. The van der Waals surface area contributed by atoms with Crippen LogP contribution in [0.5, 0.6) is 0 Å². The Hall–Kier alpha value is -1.82. The Morgan fingerprint density at radius 3 is 3.14 bits per heavy atom. The molecule has 1 atom stereocenters. The van der Waals surface area contributed by atoms with Crippen LogP contribution in [0.1, 0.15) is 40.8 Å². The van der Waals surface area contributed by atoms with Crippen molar-refractivity contribution in [2.45, 2.75) is 32.6 Å². The highest BCUT2D eigenvalue weighted by Crippen LogP contribution is 2.23. The second kappa shape index (κ2) is 6.96. The summed E-state index contributed by atoms with van der Waals surface area (Å²) in [6.45, 7) is 3.64. The van der Waals surface area contributed by atoms with Gasteiger partial charge in [0, 0.05) is 25.0 Å². The lowest BCUT2D eigenvalue weighted by atomic mass is 9.93. The Morgan fingerprint density at radius 1 is 1.45 bits per heavy atom. The van der Waals surface area contributed by atoms with Crippen LogP contribution in [-0.2, 0) is 12.8 Å². The van der Waals surface area contributed by atoms with Crippen molar-refractivity contribution < 1.29 is 4.79 Å². The van der Waals surface area contributed by atoms with E-state index in [9.17, 15) is 4.79 Å². The van der Waals surface area contributed by atoms with Crippen molar-refractivity contribution in [3.05, 3.63) is 40.7 Å². The molecule has 0 N–H and O–H groups in total. The molecule has 6 heteroatoms. The summed E-state index contributed by atoms with van der Waals surface area (Å²) in [5.41, 5.74) is 1.93. The molecule has 0 bridgehead atoms. The summed E-state index contributed by atoms with van der Waals surface area (Å²) in [4.78, 5) is 19.8. The van der Waals surface area contributed by atoms with E-state index in [1.807, 2.05) is 30.2 Å². The monoisotopic (exact) mass is 316 g/mol. The van der Waals surface area contributed by atoms with Crippen LogP contribution in [0.15, 0.2) is 24.4 Å². The van der Waals surface area contributed by atoms with Crippen LogP contribution >= 0.6 is 11.5 Å². The summed E-state index contributed by atoms with van der Waals surface area (Å²) >= 11 is 1.22. The van der Waals surface area contributed by atoms with Crippen molar-refractivity contribution in [1.82, 2.24) is 19.5 Å². The first-order valence-corrected chi connectivity index (χ1v) is 8.55. The van der Waals surface area contributed by atoms with Gasteiger partial charge in [-0.25, -0.2) is 0 Å². The summed E-state index contributed by atoms with van der Waals surface area (Å²) in [6.07, 6.45) is 5.73. The highest BCUT2D eigenvalue weighted by Gasteiger charge is 2.27. The zero-order valence-corrected chi connectivity index (χ0v) is 13.6. The SMILES string of the molecule is CCc1nnsc1C(=O)N1CCC[C@H](Cc2ccccn2)C1. The van der Waals surface area contributed by atoms with Crippen LogP contribution in [-0.4, -0.2) is 38.5 Å². The molecule has 116 valence electrons.